The van der Waals surface area contributed by atoms with Gasteiger partial charge >= 0.3 is 0 Å². The van der Waals surface area contributed by atoms with Gasteiger partial charge in [0.05, 0.1) is 12.5 Å². The van der Waals surface area contributed by atoms with Gasteiger partial charge in [-0.05, 0) is 101 Å². The number of nitrogens with zero attached hydrogens (tertiary/aromatic N) is 1. The predicted octanol–water partition coefficient (Wildman–Crippen LogP) is 5.24. The van der Waals surface area contributed by atoms with Crippen LogP contribution in [0.3, 0.4) is 0 Å². The lowest BCUT2D eigenvalue weighted by Gasteiger charge is -2.49. The number of amides is 1. The molecule has 174 valence electrons. The van der Waals surface area contributed by atoms with Crippen LogP contribution in [0.2, 0.25) is 0 Å². The second-order valence-corrected chi connectivity index (χ2v) is 9.60. The second kappa shape index (κ2) is 10.4. The van der Waals surface area contributed by atoms with Crippen molar-refractivity contribution in [1.82, 2.24) is 4.90 Å². The fourth-order valence-electron chi connectivity index (χ4n) is 5.31. The van der Waals surface area contributed by atoms with Crippen molar-refractivity contribution in [1.29, 1.82) is 0 Å². The standard InChI is InChI=1S/C27H38N2O3/c1-5-22(8-7-21(2)32-24-11-9-23(31-4)10-12-24)19-27(25(28)30)16-14-26(15-17-27)13-6-18-29(3)20-26/h5,7-12H,2,6,13-20H2,1,3-4H3,(H2,28,30)/b8-7-,22-5+. The van der Waals surface area contributed by atoms with E-state index in [0.717, 1.165) is 43.6 Å². The van der Waals surface area contributed by atoms with E-state index in [2.05, 4.69) is 24.6 Å². The molecule has 5 nitrogen and oxygen atoms in total. The maximum absolute atomic E-state index is 12.6. The lowest BCUT2D eigenvalue weighted by Crippen LogP contribution is -2.48. The number of nitrogens with two attached hydrogens (primary N) is 1. The van der Waals surface area contributed by atoms with Crippen molar-refractivity contribution >= 4 is 5.91 Å². The molecule has 1 amide bonds. The summed E-state index contributed by atoms with van der Waals surface area (Å²) in [6.07, 6.45) is 13.0. The normalized spacial score (nSPS) is 26.9. The maximum Gasteiger partial charge on any atom is 0.223 e. The van der Waals surface area contributed by atoms with E-state index in [1.54, 1.807) is 7.11 Å². The third-order valence-electron chi connectivity index (χ3n) is 7.35. The summed E-state index contributed by atoms with van der Waals surface area (Å²) in [5.41, 5.74) is 6.96. The molecule has 0 aromatic heterocycles. The van der Waals surface area contributed by atoms with Crippen LogP contribution in [0.15, 0.2) is 60.4 Å². The van der Waals surface area contributed by atoms with Gasteiger partial charge in [0.15, 0.2) is 0 Å². The number of carbonyl (C=O) groups excluding carboxylic acids is 1. The topological polar surface area (TPSA) is 64.8 Å². The smallest absolute Gasteiger partial charge is 0.223 e. The molecule has 1 spiro atoms. The first-order valence-electron chi connectivity index (χ1n) is 11.6. The van der Waals surface area contributed by atoms with Gasteiger partial charge in [-0.3, -0.25) is 4.79 Å². The number of benzene rings is 1. The number of methoxy groups -OCH3 is 1. The Hall–Kier alpha value is -2.53. The minimum atomic E-state index is -0.467. The van der Waals surface area contributed by atoms with Crippen LogP contribution in [0.1, 0.15) is 51.9 Å². The van der Waals surface area contributed by atoms with Crippen LogP contribution in [-0.2, 0) is 4.79 Å². The summed E-state index contributed by atoms with van der Waals surface area (Å²) in [7, 11) is 3.84. The average molecular weight is 439 g/mol. The summed E-state index contributed by atoms with van der Waals surface area (Å²) in [4.78, 5) is 15.0. The van der Waals surface area contributed by atoms with Gasteiger partial charge in [-0.15, -0.1) is 0 Å². The monoisotopic (exact) mass is 438 g/mol. The molecule has 1 aliphatic heterocycles. The first-order chi connectivity index (χ1) is 15.3. The lowest BCUT2D eigenvalue weighted by molar-refractivity contribution is -0.131. The predicted molar refractivity (Wildman–Crippen MR) is 130 cm³/mol. The number of likely N-dealkylation sites (tertiary alicyclic amines) is 1. The summed E-state index contributed by atoms with van der Waals surface area (Å²) in [5.74, 6) is 1.85. The molecule has 2 fully saturated rings. The van der Waals surface area contributed by atoms with Crippen LogP contribution in [0.5, 0.6) is 11.5 Å². The number of piperidine rings is 1. The van der Waals surface area contributed by atoms with Gasteiger partial charge < -0.3 is 20.1 Å². The van der Waals surface area contributed by atoms with Gasteiger partial charge in [0, 0.05) is 6.54 Å². The fourth-order valence-corrected chi connectivity index (χ4v) is 5.31. The number of primary amides is 1. The van der Waals surface area contributed by atoms with E-state index in [1.807, 2.05) is 43.3 Å². The molecular weight excluding hydrogens is 400 g/mol. The van der Waals surface area contributed by atoms with Gasteiger partial charge in [-0.25, -0.2) is 0 Å². The van der Waals surface area contributed by atoms with E-state index in [4.69, 9.17) is 15.2 Å². The van der Waals surface area contributed by atoms with E-state index in [9.17, 15) is 4.79 Å². The van der Waals surface area contributed by atoms with E-state index in [-0.39, 0.29) is 5.91 Å². The van der Waals surface area contributed by atoms with Crippen molar-refractivity contribution in [3.05, 3.63) is 60.4 Å². The van der Waals surface area contributed by atoms with Gasteiger partial charge in [0.1, 0.15) is 17.3 Å². The van der Waals surface area contributed by atoms with Gasteiger partial charge in [-0.2, -0.15) is 0 Å². The van der Waals surface area contributed by atoms with Crippen LogP contribution in [0.25, 0.3) is 0 Å². The van der Waals surface area contributed by atoms with Gasteiger partial charge in [0.2, 0.25) is 5.91 Å². The Morgan fingerprint density at radius 1 is 1.12 bits per heavy atom. The number of allylic oxidation sites excluding steroid dienone is 4. The largest absolute Gasteiger partial charge is 0.497 e. The highest BCUT2D eigenvalue weighted by Crippen LogP contribution is 2.51. The van der Waals surface area contributed by atoms with Crippen LogP contribution in [-0.4, -0.2) is 38.1 Å². The van der Waals surface area contributed by atoms with Crippen LogP contribution in [0.4, 0.5) is 0 Å². The van der Waals surface area contributed by atoms with Crippen molar-refractivity contribution < 1.29 is 14.3 Å². The summed E-state index contributed by atoms with van der Waals surface area (Å²) < 4.78 is 11.0. The molecule has 1 saturated carbocycles. The SMILES string of the molecule is C=C(/C=C\C(=C/C)CC1(C(N)=O)CCC2(CCCN(C)C2)CC1)Oc1ccc(OC)cc1. The first-order valence-corrected chi connectivity index (χ1v) is 11.6. The number of ether oxygens (including phenoxy) is 2. The van der Waals surface area contributed by atoms with E-state index in [1.165, 1.54) is 19.4 Å². The van der Waals surface area contributed by atoms with Crippen molar-refractivity contribution in [3.63, 3.8) is 0 Å². The molecule has 0 bridgehead atoms. The number of hydrogen-bond acceptors (Lipinski definition) is 4. The van der Waals surface area contributed by atoms with Crippen molar-refractivity contribution in [2.45, 2.75) is 51.9 Å². The first kappa shape index (κ1) is 24.1. The Morgan fingerprint density at radius 3 is 2.34 bits per heavy atom. The number of rotatable bonds is 8. The van der Waals surface area contributed by atoms with Crippen LogP contribution in [0, 0.1) is 10.8 Å². The Balaban J connectivity index is 1.62. The lowest BCUT2D eigenvalue weighted by atomic mass is 9.59. The van der Waals surface area contributed by atoms with Crippen LogP contribution >= 0.6 is 0 Å². The molecule has 1 aromatic rings. The van der Waals surface area contributed by atoms with E-state index in [0.29, 0.717) is 23.3 Å². The summed E-state index contributed by atoms with van der Waals surface area (Å²) in [6.45, 7) is 8.32. The Labute approximate surface area is 193 Å². The third kappa shape index (κ3) is 5.83. The number of hydrogen-bond donors (Lipinski definition) is 1. The average Bonchev–Trinajstić information content (AvgIpc) is 2.78. The molecule has 2 N–H and O–H groups in total. The Morgan fingerprint density at radius 2 is 1.78 bits per heavy atom. The zero-order valence-electron chi connectivity index (χ0n) is 19.9. The third-order valence-corrected chi connectivity index (χ3v) is 7.35. The van der Waals surface area contributed by atoms with E-state index >= 15 is 0 Å². The minimum Gasteiger partial charge on any atom is -0.497 e. The Bertz CT molecular complexity index is 861. The second-order valence-electron chi connectivity index (χ2n) is 9.60. The maximum atomic E-state index is 12.6. The molecule has 1 aromatic carbocycles. The highest BCUT2D eigenvalue weighted by molar-refractivity contribution is 5.81. The van der Waals surface area contributed by atoms with Gasteiger partial charge in [0.25, 0.3) is 0 Å². The molecule has 5 heteroatoms. The zero-order valence-corrected chi connectivity index (χ0v) is 19.9. The molecule has 1 aliphatic carbocycles. The molecule has 1 heterocycles. The molecule has 0 radical (unpaired) electrons. The fraction of sp³-hybridized carbons (Fsp3) is 0.519. The summed E-state index contributed by atoms with van der Waals surface area (Å²) in [5, 5.41) is 0. The molecule has 0 unspecified atom stereocenters. The molecule has 0 atom stereocenters. The highest BCUT2D eigenvalue weighted by atomic mass is 16.5. The van der Waals surface area contributed by atoms with E-state index < -0.39 is 5.41 Å². The Kier molecular flexibility index (Phi) is 7.83. The minimum absolute atomic E-state index is 0.169. The van der Waals surface area contributed by atoms with Crippen molar-refractivity contribution in [3.8, 4) is 11.5 Å². The van der Waals surface area contributed by atoms with Gasteiger partial charge in [-0.1, -0.05) is 24.3 Å². The molecule has 2 aliphatic rings. The summed E-state index contributed by atoms with van der Waals surface area (Å²) in [6, 6.07) is 7.38. The molecule has 3 rings (SSSR count). The molecule has 32 heavy (non-hydrogen) atoms. The van der Waals surface area contributed by atoms with Crippen molar-refractivity contribution in [2.75, 3.05) is 27.2 Å². The van der Waals surface area contributed by atoms with Crippen molar-refractivity contribution in [2.24, 2.45) is 16.6 Å². The highest BCUT2D eigenvalue weighted by Gasteiger charge is 2.47. The zero-order chi connectivity index (χ0) is 23.2. The molecule has 1 saturated heterocycles. The quantitative estimate of drug-likeness (QED) is 0.445. The number of carbonyl (C=O) groups is 1. The van der Waals surface area contributed by atoms with Crippen LogP contribution < -0.4 is 15.2 Å². The molecular formula is C27H38N2O3. The summed E-state index contributed by atoms with van der Waals surface area (Å²) >= 11 is 0.